The quantitative estimate of drug-likeness (QED) is 0.308. The average Bonchev–Trinajstić information content (AvgIpc) is 2.85. The van der Waals surface area contributed by atoms with E-state index in [0.29, 0.717) is 6.42 Å². The molecule has 0 radical (unpaired) electrons. The predicted molar refractivity (Wildman–Crippen MR) is 126 cm³/mol. The molecule has 2 unspecified atom stereocenters. The molecular weight excluding hydrogens is 426 g/mol. The van der Waals surface area contributed by atoms with Crippen molar-refractivity contribution in [3.63, 3.8) is 0 Å². The second-order valence-corrected chi connectivity index (χ2v) is 16.5. The Morgan fingerprint density at radius 3 is 2.45 bits per heavy atom. The van der Waals surface area contributed by atoms with Gasteiger partial charge < -0.3 is 4.43 Å². The predicted octanol–water partition coefficient (Wildman–Crippen LogP) is 5.81. The van der Waals surface area contributed by atoms with Crippen molar-refractivity contribution < 1.29 is 17.0 Å². The maximum absolute atomic E-state index is 12.7. The van der Waals surface area contributed by atoms with Crippen LogP contribution in [-0.4, -0.2) is 28.3 Å². The maximum Gasteiger partial charge on any atom is 0.296 e. The fourth-order valence-corrected chi connectivity index (χ4v) is 5.84. The Morgan fingerprint density at radius 1 is 1.13 bits per heavy atom. The number of fused-ring (bicyclic) bond motifs is 1. The summed E-state index contributed by atoms with van der Waals surface area (Å²) in [4.78, 5) is 4.86. The van der Waals surface area contributed by atoms with Gasteiger partial charge in [-0.2, -0.15) is 8.42 Å². The van der Waals surface area contributed by atoms with E-state index in [9.17, 15) is 8.42 Å². The van der Waals surface area contributed by atoms with Gasteiger partial charge in [0.25, 0.3) is 10.1 Å². The molecule has 0 N–H and O–H groups in total. The van der Waals surface area contributed by atoms with Gasteiger partial charge in [-0.15, -0.1) is 0 Å². The zero-order chi connectivity index (χ0) is 22.9. The van der Waals surface area contributed by atoms with Crippen LogP contribution in [0.5, 0.6) is 0 Å². The zero-order valence-corrected chi connectivity index (χ0v) is 21.3. The van der Waals surface area contributed by atoms with Crippen LogP contribution in [0.4, 0.5) is 0 Å². The fraction of sp³-hybridized carbons (Fsp3) is 0.542. The first-order valence-corrected chi connectivity index (χ1v) is 15.3. The van der Waals surface area contributed by atoms with Gasteiger partial charge >= 0.3 is 0 Å². The average molecular weight is 462 g/mol. The van der Waals surface area contributed by atoms with E-state index in [0.717, 1.165) is 24.1 Å². The molecule has 5 nitrogen and oxygen atoms in total. The molecular formula is C24H35NO4SSi. The molecule has 2 atom stereocenters. The standard InChI is InChI=1S/C24H35NO4SSi/c1-18-9-13-21(14-10-18)30(26,27)28-17-19-11-12-20-8-7-15-25-23(20)22(16-19)29-31(5,6)24(2,3)4/h7-10,13-15,19,22H,11-12,16-17H2,1-6H3. The van der Waals surface area contributed by atoms with E-state index in [-0.39, 0.29) is 28.6 Å². The van der Waals surface area contributed by atoms with E-state index in [4.69, 9.17) is 8.61 Å². The lowest BCUT2D eigenvalue weighted by molar-refractivity contribution is 0.129. The fourth-order valence-electron chi connectivity index (χ4n) is 3.59. The lowest BCUT2D eigenvalue weighted by Crippen LogP contribution is -2.42. The molecule has 0 bridgehead atoms. The Bertz CT molecular complexity index is 997. The number of benzene rings is 1. The van der Waals surface area contributed by atoms with E-state index in [2.05, 4.69) is 44.9 Å². The second-order valence-electron chi connectivity index (χ2n) is 10.1. The van der Waals surface area contributed by atoms with E-state index in [1.165, 1.54) is 5.56 Å². The van der Waals surface area contributed by atoms with Crippen LogP contribution >= 0.6 is 0 Å². The van der Waals surface area contributed by atoms with Crippen molar-refractivity contribution >= 4 is 18.4 Å². The summed E-state index contributed by atoms with van der Waals surface area (Å²) < 4.78 is 37.6. The highest BCUT2D eigenvalue weighted by Crippen LogP contribution is 2.43. The summed E-state index contributed by atoms with van der Waals surface area (Å²) >= 11 is 0. The minimum Gasteiger partial charge on any atom is -0.408 e. The molecule has 2 aromatic rings. The van der Waals surface area contributed by atoms with Crippen molar-refractivity contribution in [1.82, 2.24) is 4.98 Å². The lowest BCUT2D eigenvalue weighted by atomic mass is 10.00. The van der Waals surface area contributed by atoms with Crippen LogP contribution in [0, 0.1) is 12.8 Å². The van der Waals surface area contributed by atoms with Gasteiger partial charge in [-0.25, -0.2) is 0 Å². The van der Waals surface area contributed by atoms with Crippen molar-refractivity contribution in [3.05, 3.63) is 59.4 Å². The number of hydrogen-bond donors (Lipinski definition) is 0. The maximum atomic E-state index is 12.7. The largest absolute Gasteiger partial charge is 0.408 e. The van der Waals surface area contributed by atoms with Gasteiger partial charge in [0.15, 0.2) is 8.32 Å². The van der Waals surface area contributed by atoms with E-state index in [1.807, 2.05) is 19.2 Å². The highest BCUT2D eigenvalue weighted by atomic mass is 32.2. The lowest BCUT2D eigenvalue weighted by Gasteiger charge is -2.39. The molecule has 1 aliphatic rings. The number of pyridine rings is 1. The summed E-state index contributed by atoms with van der Waals surface area (Å²) in [7, 11) is -5.81. The Hall–Kier alpha value is -1.54. The first kappa shape index (κ1) is 24.1. The number of aryl methyl sites for hydroxylation is 2. The van der Waals surface area contributed by atoms with E-state index < -0.39 is 18.4 Å². The van der Waals surface area contributed by atoms with Crippen molar-refractivity contribution in [2.45, 2.75) is 76.1 Å². The zero-order valence-electron chi connectivity index (χ0n) is 19.5. The first-order chi connectivity index (χ1) is 14.4. The normalized spacial score (nSPS) is 20.2. The van der Waals surface area contributed by atoms with Crippen LogP contribution in [0.25, 0.3) is 0 Å². The number of nitrogens with zero attached hydrogens (tertiary/aromatic N) is 1. The highest BCUT2D eigenvalue weighted by Gasteiger charge is 2.41. The van der Waals surface area contributed by atoms with Gasteiger partial charge in [0.05, 0.1) is 23.3 Å². The summed E-state index contributed by atoms with van der Waals surface area (Å²) in [6.07, 6.45) is 4.08. The third kappa shape index (κ3) is 5.83. The Morgan fingerprint density at radius 2 is 1.81 bits per heavy atom. The summed E-state index contributed by atoms with van der Waals surface area (Å²) in [5, 5.41) is 0.0784. The van der Waals surface area contributed by atoms with Crippen LogP contribution in [0.1, 0.15) is 56.5 Å². The molecule has 170 valence electrons. The smallest absolute Gasteiger partial charge is 0.296 e. The second kappa shape index (κ2) is 9.14. The summed E-state index contributed by atoms with van der Waals surface area (Å²) in [5.41, 5.74) is 3.20. The summed E-state index contributed by atoms with van der Waals surface area (Å²) in [6.45, 7) is 13.2. The van der Waals surface area contributed by atoms with E-state index in [1.54, 1.807) is 24.3 Å². The van der Waals surface area contributed by atoms with Crippen LogP contribution in [0.15, 0.2) is 47.5 Å². The van der Waals surface area contributed by atoms with Gasteiger partial charge in [0.1, 0.15) is 0 Å². The minimum absolute atomic E-state index is 0.0733. The van der Waals surface area contributed by atoms with Crippen molar-refractivity contribution in [3.8, 4) is 0 Å². The highest BCUT2D eigenvalue weighted by molar-refractivity contribution is 7.86. The summed E-state index contributed by atoms with van der Waals surface area (Å²) in [6, 6.07) is 10.8. The van der Waals surface area contributed by atoms with Crippen LogP contribution < -0.4 is 0 Å². The topological polar surface area (TPSA) is 65.5 Å². The monoisotopic (exact) mass is 461 g/mol. The Balaban J connectivity index is 1.78. The van der Waals surface area contributed by atoms with Crippen molar-refractivity contribution in [1.29, 1.82) is 0 Å². The molecule has 0 amide bonds. The molecule has 1 aromatic heterocycles. The summed E-state index contributed by atoms with van der Waals surface area (Å²) in [5.74, 6) is 0.0733. The van der Waals surface area contributed by atoms with Gasteiger partial charge in [-0.3, -0.25) is 9.17 Å². The van der Waals surface area contributed by atoms with Gasteiger partial charge in [-0.1, -0.05) is 44.5 Å². The van der Waals surface area contributed by atoms with Crippen molar-refractivity contribution in [2.24, 2.45) is 5.92 Å². The SMILES string of the molecule is Cc1ccc(S(=O)(=O)OCC2CCc3cccnc3C(O[Si](C)(C)C(C)(C)C)C2)cc1. The first-order valence-electron chi connectivity index (χ1n) is 11.0. The molecule has 0 aliphatic heterocycles. The Kier molecular flexibility index (Phi) is 7.10. The van der Waals surface area contributed by atoms with Gasteiger partial charge in [-0.05, 0) is 74.0 Å². The molecule has 0 spiro atoms. The molecule has 0 saturated carbocycles. The number of aromatic nitrogens is 1. The van der Waals surface area contributed by atoms with Crippen molar-refractivity contribution in [2.75, 3.05) is 6.61 Å². The molecule has 1 heterocycles. The number of hydrogen-bond acceptors (Lipinski definition) is 5. The molecule has 1 aliphatic carbocycles. The molecule has 1 aromatic carbocycles. The van der Waals surface area contributed by atoms with Crippen LogP contribution in [0.2, 0.25) is 18.1 Å². The Labute approximate surface area is 188 Å². The number of rotatable bonds is 6. The van der Waals surface area contributed by atoms with Crippen LogP contribution in [-0.2, 0) is 25.1 Å². The van der Waals surface area contributed by atoms with Gasteiger partial charge in [0.2, 0.25) is 0 Å². The van der Waals surface area contributed by atoms with E-state index >= 15 is 0 Å². The third-order valence-corrected chi connectivity index (χ3v) is 12.4. The molecule has 3 rings (SSSR count). The third-order valence-electron chi connectivity index (χ3n) is 6.61. The molecule has 0 saturated heterocycles. The van der Waals surface area contributed by atoms with Gasteiger partial charge in [0, 0.05) is 6.20 Å². The molecule has 7 heteroatoms. The van der Waals surface area contributed by atoms with Crippen LogP contribution in [0.3, 0.4) is 0 Å². The molecule has 0 fully saturated rings. The minimum atomic E-state index is -3.78. The molecule has 31 heavy (non-hydrogen) atoms.